The van der Waals surface area contributed by atoms with Gasteiger partial charge in [0.1, 0.15) is 0 Å². The molecular weight excluding hydrogens is 438 g/mol. The molecule has 2 amide bonds. The van der Waals surface area contributed by atoms with Crippen molar-refractivity contribution in [2.24, 2.45) is 0 Å². The topological polar surface area (TPSA) is 70.5 Å². The molecule has 1 N–H and O–H groups in total. The van der Waals surface area contributed by atoms with Crippen LogP contribution in [-0.4, -0.2) is 52.4 Å². The van der Waals surface area contributed by atoms with E-state index in [-0.39, 0.29) is 11.8 Å². The van der Waals surface area contributed by atoms with E-state index in [1.807, 2.05) is 53.7 Å². The molecule has 4 aromatic rings. The van der Waals surface area contributed by atoms with Crippen LogP contribution >= 0.6 is 0 Å². The number of aromatic nitrogens is 2. The van der Waals surface area contributed by atoms with Crippen LogP contribution in [0.1, 0.15) is 28.4 Å². The van der Waals surface area contributed by atoms with Crippen molar-refractivity contribution in [1.82, 2.24) is 19.8 Å². The van der Waals surface area contributed by atoms with Crippen molar-refractivity contribution in [1.29, 1.82) is 0 Å². The fourth-order valence-corrected chi connectivity index (χ4v) is 4.46. The molecule has 0 bridgehead atoms. The summed E-state index contributed by atoms with van der Waals surface area (Å²) >= 11 is 0. The minimum absolute atomic E-state index is 0.0365. The summed E-state index contributed by atoms with van der Waals surface area (Å²) in [5.74, 6) is 0.0690. The fraction of sp³-hybridized carbons (Fsp3) is 0.250. The molecule has 0 unspecified atom stereocenters. The molecule has 35 heavy (non-hydrogen) atoms. The van der Waals surface area contributed by atoms with Crippen LogP contribution in [0.2, 0.25) is 0 Å². The number of carbonyl (C=O) groups excluding carboxylic acids is 2. The van der Waals surface area contributed by atoms with Crippen molar-refractivity contribution in [3.05, 3.63) is 95.8 Å². The predicted molar refractivity (Wildman–Crippen MR) is 138 cm³/mol. The van der Waals surface area contributed by atoms with Gasteiger partial charge in [-0.3, -0.25) is 4.79 Å². The van der Waals surface area contributed by atoms with Gasteiger partial charge in [-0.1, -0.05) is 36.4 Å². The van der Waals surface area contributed by atoms with Crippen molar-refractivity contribution >= 4 is 28.5 Å². The first-order chi connectivity index (χ1) is 17.1. The number of Topliss-reactive ketones (excluding diaryl/α,β-unsaturated/α-hetero) is 1. The number of nitrogens with one attached hydrogen (secondary N) is 1. The first kappa shape index (κ1) is 22.7. The van der Waals surface area contributed by atoms with Gasteiger partial charge in [-0.2, -0.15) is 0 Å². The van der Waals surface area contributed by atoms with Crippen molar-refractivity contribution in [2.45, 2.75) is 20.0 Å². The Morgan fingerprint density at radius 1 is 0.857 bits per heavy atom. The van der Waals surface area contributed by atoms with Crippen molar-refractivity contribution in [2.75, 3.05) is 31.1 Å². The Morgan fingerprint density at radius 3 is 2.26 bits per heavy atom. The van der Waals surface area contributed by atoms with Gasteiger partial charge in [0.15, 0.2) is 5.78 Å². The molecule has 3 aromatic carbocycles. The molecular formula is C28H29N5O2. The number of piperazine rings is 1. The molecule has 2 heterocycles. The van der Waals surface area contributed by atoms with E-state index in [4.69, 9.17) is 0 Å². The maximum absolute atomic E-state index is 12.7. The third-order valence-electron chi connectivity index (χ3n) is 6.55. The molecule has 0 aliphatic carbocycles. The highest BCUT2D eigenvalue weighted by atomic mass is 16.2. The van der Waals surface area contributed by atoms with Crippen LogP contribution in [0.15, 0.2) is 79.1 Å². The van der Waals surface area contributed by atoms with E-state index in [9.17, 15) is 9.59 Å². The average Bonchev–Trinajstić information content (AvgIpc) is 3.31. The second-order valence-electron chi connectivity index (χ2n) is 8.91. The highest BCUT2D eigenvalue weighted by Crippen LogP contribution is 2.18. The molecule has 1 fully saturated rings. The lowest BCUT2D eigenvalue weighted by Gasteiger charge is -2.36. The number of para-hydroxylation sites is 2. The van der Waals surface area contributed by atoms with Crippen LogP contribution in [0, 0.1) is 0 Å². The van der Waals surface area contributed by atoms with E-state index in [0.717, 1.165) is 47.5 Å². The highest BCUT2D eigenvalue weighted by Gasteiger charge is 2.21. The summed E-state index contributed by atoms with van der Waals surface area (Å²) in [6.07, 6.45) is 1.87. The summed E-state index contributed by atoms with van der Waals surface area (Å²) in [4.78, 5) is 32.7. The van der Waals surface area contributed by atoms with Crippen molar-refractivity contribution < 1.29 is 9.59 Å². The van der Waals surface area contributed by atoms with Crippen LogP contribution in [0.4, 0.5) is 10.5 Å². The maximum atomic E-state index is 12.7. The van der Waals surface area contributed by atoms with Crippen LogP contribution in [0.25, 0.3) is 11.0 Å². The van der Waals surface area contributed by atoms with E-state index < -0.39 is 0 Å². The van der Waals surface area contributed by atoms with Crippen LogP contribution in [-0.2, 0) is 13.1 Å². The number of benzene rings is 3. The lowest BCUT2D eigenvalue weighted by Crippen LogP contribution is -2.51. The van der Waals surface area contributed by atoms with Gasteiger partial charge in [-0.25, -0.2) is 9.78 Å². The summed E-state index contributed by atoms with van der Waals surface area (Å²) in [7, 11) is 0. The molecule has 1 saturated heterocycles. The molecule has 0 radical (unpaired) electrons. The first-order valence-electron chi connectivity index (χ1n) is 11.9. The third-order valence-corrected chi connectivity index (χ3v) is 6.55. The van der Waals surface area contributed by atoms with Gasteiger partial charge in [0.2, 0.25) is 0 Å². The molecule has 5 rings (SSSR count). The molecule has 1 aliphatic rings. The summed E-state index contributed by atoms with van der Waals surface area (Å²) < 4.78 is 2.14. The number of imidazole rings is 1. The number of amides is 2. The van der Waals surface area contributed by atoms with Gasteiger partial charge >= 0.3 is 6.03 Å². The van der Waals surface area contributed by atoms with Crippen molar-refractivity contribution in [3.8, 4) is 0 Å². The number of hydrogen-bond acceptors (Lipinski definition) is 4. The standard InChI is InChI=1S/C28H29N5O2/c1-21(34)24-10-12-25(13-11-24)31-14-16-32(17-15-31)28(35)29-18-22-6-8-23(9-7-22)19-33-20-30-26-4-2-3-5-27(26)33/h2-13,20H,14-19H2,1H3,(H,29,35). The number of hydrogen-bond donors (Lipinski definition) is 1. The number of carbonyl (C=O) groups is 2. The normalized spacial score (nSPS) is 13.7. The van der Waals surface area contributed by atoms with E-state index >= 15 is 0 Å². The zero-order valence-corrected chi connectivity index (χ0v) is 19.9. The van der Waals surface area contributed by atoms with Crippen molar-refractivity contribution in [3.63, 3.8) is 0 Å². The average molecular weight is 468 g/mol. The second-order valence-corrected chi connectivity index (χ2v) is 8.91. The molecule has 0 spiro atoms. The zero-order valence-electron chi connectivity index (χ0n) is 19.9. The van der Waals surface area contributed by atoms with Gasteiger partial charge in [0.05, 0.1) is 17.4 Å². The Labute approximate surface area is 205 Å². The van der Waals surface area contributed by atoms with Crippen LogP contribution in [0.5, 0.6) is 0 Å². The largest absolute Gasteiger partial charge is 0.368 e. The highest BCUT2D eigenvalue weighted by molar-refractivity contribution is 5.94. The van der Waals surface area contributed by atoms with Gasteiger partial charge in [-0.15, -0.1) is 0 Å². The SMILES string of the molecule is CC(=O)c1ccc(N2CCN(C(=O)NCc3ccc(Cn4cnc5ccccc54)cc3)CC2)cc1. The molecule has 178 valence electrons. The summed E-state index contributed by atoms with van der Waals surface area (Å²) in [6, 6.07) is 24.1. The molecule has 1 aliphatic heterocycles. The van der Waals surface area contributed by atoms with Gasteiger partial charge < -0.3 is 19.7 Å². The number of urea groups is 1. The van der Waals surface area contributed by atoms with Gasteiger partial charge in [0.25, 0.3) is 0 Å². The van der Waals surface area contributed by atoms with E-state index in [1.54, 1.807) is 6.92 Å². The maximum Gasteiger partial charge on any atom is 0.317 e. The predicted octanol–water partition coefficient (Wildman–Crippen LogP) is 4.32. The first-order valence-corrected chi connectivity index (χ1v) is 11.9. The Morgan fingerprint density at radius 2 is 1.54 bits per heavy atom. The molecule has 1 aromatic heterocycles. The number of nitrogens with zero attached hydrogens (tertiary/aromatic N) is 4. The number of fused-ring (bicyclic) bond motifs is 1. The Bertz CT molecular complexity index is 1320. The minimum Gasteiger partial charge on any atom is -0.368 e. The third kappa shape index (κ3) is 5.19. The van der Waals surface area contributed by atoms with E-state index in [0.29, 0.717) is 19.6 Å². The smallest absolute Gasteiger partial charge is 0.317 e. The van der Waals surface area contributed by atoms with Gasteiger partial charge in [0, 0.05) is 50.5 Å². The van der Waals surface area contributed by atoms with Crippen LogP contribution in [0.3, 0.4) is 0 Å². The lowest BCUT2D eigenvalue weighted by atomic mass is 10.1. The fourth-order valence-electron chi connectivity index (χ4n) is 4.46. The summed E-state index contributed by atoms with van der Waals surface area (Å²) in [6.45, 7) is 5.70. The Hall–Kier alpha value is -4.13. The zero-order chi connectivity index (χ0) is 24.2. The summed E-state index contributed by atoms with van der Waals surface area (Å²) in [5.41, 5.74) is 6.18. The number of rotatable bonds is 6. The van der Waals surface area contributed by atoms with Gasteiger partial charge in [-0.05, 0) is 54.4 Å². The lowest BCUT2D eigenvalue weighted by molar-refractivity contribution is 0.101. The quantitative estimate of drug-likeness (QED) is 0.429. The van der Waals surface area contributed by atoms with E-state index in [1.165, 1.54) is 5.56 Å². The number of ketones is 1. The molecule has 0 atom stereocenters. The second kappa shape index (κ2) is 10.0. The monoisotopic (exact) mass is 467 g/mol. The Balaban J connectivity index is 1.10. The minimum atomic E-state index is -0.0365. The van der Waals surface area contributed by atoms with E-state index in [2.05, 4.69) is 50.1 Å². The molecule has 7 heteroatoms. The molecule has 0 saturated carbocycles. The van der Waals surface area contributed by atoms with Crippen LogP contribution < -0.4 is 10.2 Å². The Kier molecular flexibility index (Phi) is 6.48. The number of anilines is 1. The summed E-state index contributed by atoms with van der Waals surface area (Å²) in [5, 5.41) is 3.05. The molecule has 7 nitrogen and oxygen atoms in total.